The third-order valence-electron chi connectivity index (χ3n) is 3.92. The first-order valence-corrected chi connectivity index (χ1v) is 8.38. The number of carbonyl (C=O) groups is 1. The average molecular weight is 356 g/mol. The molecule has 0 unspecified atom stereocenters. The summed E-state index contributed by atoms with van der Waals surface area (Å²) in [6.07, 6.45) is 3.19. The quantitative estimate of drug-likeness (QED) is 0.551. The Balaban J connectivity index is 1.40. The van der Waals surface area contributed by atoms with Crippen molar-refractivity contribution in [2.45, 2.75) is 0 Å². The predicted octanol–water partition coefficient (Wildman–Crippen LogP) is 4.52. The van der Waals surface area contributed by atoms with Crippen molar-refractivity contribution in [1.82, 2.24) is 15.2 Å². The van der Waals surface area contributed by atoms with E-state index in [1.54, 1.807) is 18.3 Å². The second-order valence-corrected chi connectivity index (χ2v) is 5.80. The number of anilines is 1. The number of benzene rings is 2. The van der Waals surface area contributed by atoms with Crippen LogP contribution in [0.25, 0.3) is 11.3 Å². The third kappa shape index (κ3) is 4.01. The van der Waals surface area contributed by atoms with E-state index in [1.165, 1.54) is 6.20 Å². The molecular formula is C21H16N4O2. The molecule has 0 saturated carbocycles. The zero-order valence-corrected chi connectivity index (χ0v) is 14.3. The minimum Gasteiger partial charge on any atom is -0.439 e. The highest BCUT2D eigenvalue weighted by atomic mass is 16.5. The fourth-order valence-electron chi connectivity index (χ4n) is 2.54. The lowest BCUT2D eigenvalue weighted by Gasteiger charge is -2.07. The molecule has 0 saturated heterocycles. The minimum atomic E-state index is -0.233. The van der Waals surface area contributed by atoms with Crippen molar-refractivity contribution < 1.29 is 9.53 Å². The molecular weight excluding hydrogens is 340 g/mol. The van der Waals surface area contributed by atoms with E-state index in [4.69, 9.17) is 4.74 Å². The van der Waals surface area contributed by atoms with Crippen molar-refractivity contribution in [2.24, 2.45) is 0 Å². The average Bonchev–Trinajstić information content (AvgIpc) is 3.25. The molecule has 0 fully saturated rings. The van der Waals surface area contributed by atoms with Crippen LogP contribution in [0.2, 0.25) is 0 Å². The first-order valence-electron chi connectivity index (χ1n) is 8.38. The van der Waals surface area contributed by atoms with Crippen LogP contribution in [0.4, 0.5) is 5.69 Å². The molecule has 4 rings (SSSR count). The van der Waals surface area contributed by atoms with Crippen molar-refractivity contribution in [3.05, 3.63) is 90.8 Å². The molecule has 2 aromatic carbocycles. The molecule has 0 aliphatic rings. The highest BCUT2D eigenvalue weighted by Gasteiger charge is 2.08. The van der Waals surface area contributed by atoms with Crippen molar-refractivity contribution in [3.8, 4) is 22.9 Å². The Morgan fingerprint density at radius 1 is 0.926 bits per heavy atom. The van der Waals surface area contributed by atoms with Crippen LogP contribution in [-0.2, 0) is 0 Å². The Morgan fingerprint density at radius 2 is 1.74 bits per heavy atom. The van der Waals surface area contributed by atoms with Gasteiger partial charge in [-0.3, -0.25) is 9.89 Å². The number of nitrogens with one attached hydrogen (secondary N) is 2. The summed E-state index contributed by atoms with van der Waals surface area (Å²) < 4.78 is 5.63. The van der Waals surface area contributed by atoms with Gasteiger partial charge in [0.25, 0.3) is 5.91 Å². The number of H-pyrrole nitrogens is 1. The van der Waals surface area contributed by atoms with Gasteiger partial charge in [-0.1, -0.05) is 30.3 Å². The zero-order chi connectivity index (χ0) is 18.5. The Bertz CT molecular complexity index is 1010. The van der Waals surface area contributed by atoms with Crippen molar-refractivity contribution in [2.75, 3.05) is 5.32 Å². The highest BCUT2D eigenvalue weighted by molar-refractivity contribution is 6.04. The summed E-state index contributed by atoms with van der Waals surface area (Å²) in [5, 5.41) is 9.69. The van der Waals surface area contributed by atoms with Crippen molar-refractivity contribution in [3.63, 3.8) is 0 Å². The molecule has 4 aromatic rings. The molecule has 1 amide bonds. The molecule has 0 aliphatic heterocycles. The number of para-hydroxylation sites is 1. The minimum absolute atomic E-state index is 0.233. The fraction of sp³-hybridized carbons (Fsp3) is 0. The monoisotopic (exact) mass is 356 g/mol. The van der Waals surface area contributed by atoms with Gasteiger partial charge in [0, 0.05) is 24.1 Å². The number of carbonyl (C=O) groups excluding carboxylic acids is 1. The van der Waals surface area contributed by atoms with Crippen LogP contribution in [0, 0.1) is 0 Å². The first-order chi connectivity index (χ1) is 13.3. The van der Waals surface area contributed by atoms with E-state index >= 15 is 0 Å². The zero-order valence-electron chi connectivity index (χ0n) is 14.3. The maximum atomic E-state index is 12.4. The van der Waals surface area contributed by atoms with Crippen LogP contribution in [0.1, 0.15) is 10.4 Å². The summed E-state index contributed by atoms with van der Waals surface area (Å²) in [4.78, 5) is 16.6. The van der Waals surface area contributed by atoms with E-state index in [9.17, 15) is 4.79 Å². The number of rotatable bonds is 5. The number of aromatic amines is 1. The maximum absolute atomic E-state index is 12.4. The predicted molar refractivity (Wildman–Crippen MR) is 103 cm³/mol. The number of hydrogen-bond acceptors (Lipinski definition) is 4. The molecule has 2 N–H and O–H groups in total. The summed E-state index contributed by atoms with van der Waals surface area (Å²) in [7, 11) is 0. The van der Waals surface area contributed by atoms with Crippen LogP contribution in [0.3, 0.4) is 0 Å². The lowest BCUT2D eigenvalue weighted by atomic mass is 10.1. The maximum Gasteiger partial charge on any atom is 0.257 e. The number of hydrogen-bond donors (Lipinski definition) is 2. The Morgan fingerprint density at radius 3 is 2.41 bits per heavy atom. The van der Waals surface area contributed by atoms with Crippen LogP contribution in [-0.4, -0.2) is 21.1 Å². The molecule has 132 valence electrons. The number of aromatic nitrogens is 3. The van der Waals surface area contributed by atoms with E-state index in [1.807, 2.05) is 60.7 Å². The summed E-state index contributed by atoms with van der Waals surface area (Å²) in [5.41, 5.74) is 3.07. The largest absolute Gasteiger partial charge is 0.439 e. The third-order valence-corrected chi connectivity index (χ3v) is 3.92. The Labute approximate surface area is 155 Å². The Hall–Kier alpha value is -3.93. The number of amides is 1. The summed E-state index contributed by atoms with van der Waals surface area (Å²) in [6, 6.07) is 22.1. The molecule has 6 heteroatoms. The molecule has 27 heavy (non-hydrogen) atoms. The van der Waals surface area contributed by atoms with E-state index in [0.29, 0.717) is 22.9 Å². The molecule has 0 spiro atoms. The topological polar surface area (TPSA) is 79.9 Å². The lowest BCUT2D eigenvalue weighted by molar-refractivity contribution is 0.102. The fourth-order valence-corrected chi connectivity index (χ4v) is 2.54. The second kappa shape index (κ2) is 7.53. The van der Waals surface area contributed by atoms with Gasteiger partial charge < -0.3 is 10.1 Å². The molecule has 0 aliphatic carbocycles. The van der Waals surface area contributed by atoms with Gasteiger partial charge in [0.1, 0.15) is 5.75 Å². The lowest BCUT2D eigenvalue weighted by Crippen LogP contribution is -2.12. The van der Waals surface area contributed by atoms with Crippen LogP contribution in [0.5, 0.6) is 11.6 Å². The number of ether oxygens (including phenoxy) is 1. The molecule has 2 heterocycles. The second-order valence-electron chi connectivity index (χ2n) is 5.80. The van der Waals surface area contributed by atoms with Crippen molar-refractivity contribution >= 4 is 11.6 Å². The molecule has 6 nitrogen and oxygen atoms in total. The molecule has 0 atom stereocenters. The van der Waals surface area contributed by atoms with E-state index in [2.05, 4.69) is 20.5 Å². The van der Waals surface area contributed by atoms with Crippen molar-refractivity contribution in [1.29, 1.82) is 0 Å². The van der Waals surface area contributed by atoms with Gasteiger partial charge in [-0.2, -0.15) is 5.10 Å². The van der Waals surface area contributed by atoms with Crippen LogP contribution in [0.15, 0.2) is 85.2 Å². The van der Waals surface area contributed by atoms with Crippen LogP contribution < -0.4 is 10.1 Å². The molecule has 0 bridgehead atoms. The van der Waals surface area contributed by atoms with Gasteiger partial charge >= 0.3 is 0 Å². The van der Waals surface area contributed by atoms with E-state index < -0.39 is 0 Å². The van der Waals surface area contributed by atoms with Gasteiger partial charge in [0.05, 0.1) is 11.3 Å². The normalized spacial score (nSPS) is 10.4. The summed E-state index contributed by atoms with van der Waals surface area (Å²) in [5.74, 6) is 0.893. The van der Waals surface area contributed by atoms with Gasteiger partial charge in [-0.15, -0.1) is 0 Å². The summed E-state index contributed by atoms with van der Waals surface area (Å²) in [6.45, 7) is 0. The van der Waals surface area contributed by atoms with E-state index in [0.717, 1.165) is 11.3 Å². The SMILES string of the molecule is O=C(Nc1ccc(-c2ccn[nH]2)cc1)c1ccc(Oc2ccccc2)nc1. The molecule has 2 aromatic heterocycles. The highest BCUT2D eigenvalue weighted by Crippen LogP contribution is 2.21. The summed E-state index contributed by atoms with van der Waals surface area (Å²) >= 11 is 0. The number of nitrogens with zero attached hydrogens (tertiary/aromatic N) is 2. The van der Waals surface area contributed by atoms with Gasteiger partial charge in [0.2, 0.25) is 5.88 Å². The standard InChI is InChI=1S/C21H16N4O2/c26-21(24-17-9-6-15(7-10-17)19-12-13-23-25-19)16-8-11-20(22-14-16)27-18-4-2-1-3-5-18/h1-14H,(H,23,25)(H,24,26). The van der Waals surface area contributed by atoms with Gasteiger partial charge in [-0.25, -0.2) is 4.98 Å². The smallest absolute Gasteiger partial charge is 0.257 e. The Kier molecular flexibility index (Phi) is 4.61. The first kappa shape index (κ1) is 16.5. The number of pyridine rings is 1. The van der Waals surface area contributed by atoms with Crippen LogP contribution >= 0.6 is 0 Å². The van der Waals surface area contributed by atoms with E-state index in [-0.39, 0.29) is 5.91 Å². The molecule has 0 radical (unpaired) electrons. The van der Waals surface area contributed by atoms with Gasteiger partial charge in [0.15, 0.2) is 0 Å². The van der Waals surface area contributed by atoms with Gasteiger partial charge in [-0.05, 0) is 42.0 Å².